The lowest BCUT2D eigenvalue weighted by molar-refractivity contribution is -0.384. The number of anilines is 1. The molecule has 1 N–H and O–H groups in total. The van der Waals surface area contributed by atoms with Crippen molar-refractivity contribution in [3.05, 3.63) is 69.8 Å². The lowest BCUT2D eigenvalue weighted by Gasteiger charge is -2.07. The highest BCUT2D eigenvalue weighted by Crippen LogP contribution is 2.13. The number of nitro benzene ring substituents is 1. The van der Waals surface area contributed by atoms with Crippen molar-refractivity contribution in [2.75, 3.05) is 19.0 Å². The van der Waals surface area contributed by atoms with Crippen LogP contribution >= 0.6 is 0 Å². The summed E-state index contributed by atoms with van der Waals surface area (Å²) in [5, 5.41) is 13.1. The molecule has 0 aliphatic carbocycles. The molecule has 0 fully saturated rings. The van der Waals surface area contributed by atoms with Crippen LogP contribution in [0.5, 0.6) is 0 Å². The molecule has 0 aliphatic rings. The van der Waals surface area contributed by atoms with Crippen molar-refractivity contribution in [3.8, 4) is 0 Å². The van der Waals surface area contributed by atoms with Crippen LogP contribution < -0.4 is 5.32 Å². The smallest absolute Gasteiger partial charge is 0.338 e. The molecule has 0 bridgehead atoms. The third kappa shape index (κ3) is 4.87. The Balaban J connectivity index is 1.87. The quantitative estimate of drug-likeness (QED) is 0.476. The minimum atomic E-state index is -0.781. The number of nitro groups is 1. The molecular weight excluding hydrogens is 344 g/mol. The number of benzene rings is 2. The van der Waals surface area contributed by atoms with Crippen molar-refractivity contribution in [2.45, 2.75) is 0 Å². The first-order chi connectivity index (χ1) is 12.4. The molecular formula is C17H14N2O7. The Bertz CT molecular complexity index is 829. The fraction of sp³-hybridized carbons (Fsp3) is 0.118. The lowest BCUT2D eigenvalue weighted by Crippen LogP contribution is -2.21. The van der Waals surface area contributed by atoms with Gasteiger partial charge in [-0.2, -0.15) is 0 Å². The highest BCUT2D eigenvalue weighted by atomic mass is 16.6. The summed E-state index contributed by atoms with van der Waals surface area (Å²) < 4.78 is 9.41. The van der Waals surface area contributed by atoms with E-state index in [1.165, 1.54) is 55.6 Å². The summed E-state index contributed by atoms with van der Waals surface area (Å²) >= 11 is 0. The average molecular weight is 358 g/mol. The van der Waals surface area contributed by atoms with Gasteiger partial charge < -0.3 is 14.8 Å². The van der Waals surface area contributed by atoms with Crippen LogP contribution in [0.4, 0.5) is 11.4 Å². The number of ether oxygens (including phenoxy) is 2. The van der Waals surface area contributed by atoms with Crippen LogP contribution in [0.3, 0.4) is 0 Å². The Hall–Kier alpha value is -3.75. The average Bonchev–Trinajstić information content (AvgIpc) is 2.66. The monoisotopic (exact) mass is 358 g/mol. The van der Waals surface area contributed by atoms with Gasteiger partial charge in [0.15, 0.2) is 6.61 Å². The summed E-state index contributed by atoms with van der Waals surface area (Å²) in [6.45, 7) is -0.533. The molecule has 0 saturated heterocycles. The molecule has 0 radical (unpaired) electrons. The molecule has 0 spiro atoms. The van der Waals surface area contributed by atoms with Crippen molar-refractivity contribution in [1.82, 2.24) is 0 Å². The second-order valence-electron chi connectivity index (χ2n) is 5.00. The molecule has 0 aliphatic heterocycles. The van der Waals surface area contributed by atoms with E-state index in [0.29, 0.717) is 11.3 Å². The van der Waals surface area contributed by atoms with Gasteiger partial charge in [-0.05, 0) is 36.4 Å². The van der Waals surface area contributed by atoms with Crippen molar-refractivity contribution in [2.24, 2.45) is 0 Å². The first-order valence-electron chi connectivity index (χ1n) is 7.30. The van der Waals surface area contributed by atoms with E-state index in [1.54, 1.807) is 0 Å². The van der Waals surface area contributed by atoms with Gasteiger partial charge in [-0.3, -0.25) is 14.9 Å². The van der Waals surface area contributed by atoms with Crippen molar-refractivity contribution in [3.63, 3.8) is 0 Å². The van der Waals surface area contributed by atoms with Crippen LogP contribution in [0.15, 0.2) is 48.5 Å². The van der Waals surface area contributed by atoms with Crippen molar-refractivity contribution >= 4 is 29.2 Å². The second kappa shape index (κ2) is 8.38. The number of nitrogens with zero attached hydrogens (tertiary/aromatic N) is 1. The summed E-state index contributed by atoms with van der Waals surface area (Å²) in [6, 6.07) is 10.8. The molecule has 0 aromatic heterocycles. The highest BCUT2D eigenvalue weighted by molar-refractivity contribution is 5.96. The van der Waals surface area contributed by atoms with E-state index in [1.807, 2.05) is 0 Å². The zero-order valence-electron chi connectivity index (χ0n) is 13.6. The molecule has 9 nitrogen and oxygen atoms in total. The number of methoxy groups -OCH3 is 1. The van der Waals surface area contributed by atoms with Crippen LogP contribution in [0.25, 0.3) is 0 Å². The van der Waals surface area contributed by atoms with Gasteiger partial charge >= 0.3 is 11.9 Å². The topological polar surface area (TPSA) is 125 Å². The molecule has 0 unspecified atom stereocenters. The van der Waals surface area contributed by atoms with Crippen LogP contribution in [-0.4, -0.2) is 36.5 Å². The van der Waals surface area contributed by atoms with E-state index in [0.717, 1.165) is 0 Å². The normalized spacial score (nSPS) is 9.88. The van der Waals surface area contributed by atoms with E-state index >= 15 is 0 Å². The summed E-state index contributed by atoms with van der Waals surface area (Å²) in [5.41, 5.74) is 0.671. The minimum Gasteiger partial charge on any atom is -0.465 e. The van der Waals surface area contributed by atoms with Gasteiger partial charge in [-0.15, -0.1) is 0 Å². The number of esters is 2. The van der Waals surface area contributed by atoms with Crippen LogP contribution in [0, 0.1) is 10.1 Å². The first-order valence-corrected chi connectivity index (χ1v) is 7.30. The van der Waals surface area contributed by atoms with Gasteiger partial charge in [0.2, 0.25) is 0 Å². The van der Waals surface area contributed by atoms with E-state index < -0.39 is 29.4 Å². The van der Waals surface area contributed by atoms with E-state index in [2.05, 4.69) is 10.1 Å². The molecule has 9 heteroatoms. The number of hydrogen-bond acceptors (Lipinski definition) is 7. The minimum absolute atomic E-state index is 0.0887. The molecule has 1 amide bonds. The number of hydrogen-bond donors (Lipinski definition) is 1. The summed E-state index contributed by atoms with van der Waals surface area (Å²) in [4.78, 5) is 44.9. The Kier molecular flexibility index (Phi) is 5.99. The van der Waals surface area contributed by atoms with Gasteiger partial charge in [0.05, 0.1) is 23.2 Å². The van der Waals surface area contributed by atoms with Gasteiger partial charge in [0.1, 0.15) is 0 Å². The van der Waals surface area contributed by atoms with E-state index in [-0.39, 0.29) is 11.3 Å². The Morgan fingerprint density at radius 2 is 1.50 bits per heavy atom. The van der Waals surface area contributed by atoms with Crippen molar-refractivity contribution < 1.29 is 28.8 Å². The summed E-state index contributed by atoms with van der Waals surface area (Å²) in [5.74, 6) is -1.86. The Morgan fingerprint density at radius 1 is 0.962 bits per heavy atom. The number of non-ortho nitro benzene ring substituents is 1. The zero-order valence-corrected chi connectivity index (χ0v) is 13.6. The summed E-state index contributed by atoms with van der Waals surface area (Å²) in [7, 11) is 1.26. The van der Waals surface area contributed by atoms with Gasteiger partial charge in [0, 0.05) is 17.8 Å². The zero-order chi connectivity index (χ0) is 19.1. The third-order valence-electron chi connectivity index (χ3n) is 3.24. The highest BCUT2D eigenvalue weighted by Gasteiger charge is 2.13. The second-order valence-corrected chi connectivity index (χ2v) is 5.00. The van der Waals surface area contributed by atoms with Crippen molar-refractivity contribution in [1.29, 1.82) is 0 Å². The maximum Gasteiger partial charge on any atom is 0.338 e. The molecule has 26 heavy (non-hydrogen) atoms. The number of amides is 1. The molecule has 0 saturated carbocycles. The maximum atomic E-state index is 11.8. The van der Waals surface area contributed by atoms with E-state index in [9.17, 15) is 24.5 Å². The molecule has 0 heterocycles. The fourth-order valence-corrected chi connectivity index (χ4v) is 1.94. The third-order valence-corrected chi connectivity index (χ3v) is 3.24. The van der Waals surface area contributed by atoms with Crippen LogP contribution in [0.2, 0.25) is 0 Å². The van der Waals surface area contributed by atoms with Gasteiger partial charge in [-0.25, -0.2) is 9.59 Å². The predicted molar refractivity (Wildman–Crippen MR) is 89.8 cm³/mol. The molecule has 2 rings (SSSR count). The van der Waals surface area contributed by atoms with Crippen LogP contribution in [-0.2, 0) is 14.3 Å². The first kappa shape index (κ1) is 18.6. The molecule has 2 aromatic carbocycles. The lowest BCUT2D eigenvalue weighted by atomic mass is 10.2. The maximum absolute atomic E-state index is 11.8. The Labute approximate surface area is 147 Å². The summed E-state index contributed by atoms with van der Waals surface area (Å²) in [6.07, 6.45) is 0. The van der Waals surface area contributed by atoms with Gasteiger partial charge in [0.25, 0.3) is 11.6 Å². The molecule has 2 aromatic rings. The number of nitrogens with one attached hydrogen (secondary N) is 1. The van der Waals surface area contributed by atoms with Gasteiger partial charge in [-0.1, -0.05) is 0 Å². The fourth-order valence-electron chi connectivity index (χ4n) is 1.94. The molecule has 134 valence electrons. The number of carbonyl (C=O) groups excluding carboxylic acids is 3. The number of rotatable bonds is 6. The standard InChI is InChI=1S/C17H14N2O7/c1-25-16(21)11-2-6-13(7-3-11)18-15(20)10-26-17(22)12-4-8-14(9-5-12)19(23)24/h2-9H,10H2,1H3,(H,18,20). The Morgan fingerprint density at radius 3 is 2.04 bits per heavy atom. The number of carbonyl (C=O) groups is 3. The van der Waals surface area contributed by atoms with Crippen LogP contribution in [0.1, 0.15) is 20.7 Å². The largest absolute Gasteiger partial charge is 0.465 e. The molecule has 0 atom stereocenters. The van der Waals surface area contributed by atoms with E-state index in [4.69, 9.17) is 4.74 Å². The predicted octanol–water partition coefficient (Wildman–Crippen LogP) is 2.18. The SMILES string of the molecule is COC(=O)c1ccc(NC(=O)COC(=O)c2ccc([N+](=O)[O-])cc2)cc1.